The summed E-state index contributed by atoms with van der Waals surface area (Å²) in [7, 11) is 1.82. The zero-order valence-electron chi connectivity index (χ0n) is 13.7. The van der Waals surface area contributed by atoms with Gasteiger partial charge in [-0.2, -0.15) is 0 Å². The lowest BCUT2D eigenvalue weighted by Gasteiger charge is -2.21. The Morgan fingerprint density at radius 1 is 1.32 bits per heavy atom. The van der Waals surface area contributed by atoms with E-state index in [2.05, 4.69) is 27.5 Å². The van der Waals surface area contributed by atoms with Gasteiger partial charge < -0.3 is 10.6 Å². The van der Waals surface area contributed by atoms with Crippen LogP contribution in [0, 0.1) is 12.8 Å². The highest BCUT2D eigenvalue weighted by atomic mass is 127. The molecule has 0 atom stereocenters. The number of aromatic nitrogens is 1. The maximum absolute atomic E-state index is 4.35. The molecule has 22 heavy (non-hydrogen) atoms. The van der Waals surface area contributed by atoms with Crippen molar-refractivity contribution in [3.8, 4) is 0 Å². The largest absolute Gasteiger partial charge is 0.356 e. The van der Waals surface area contributed by atoms with Gasteiger partial charge in [-0.25, -0.2) is 4.98 Å². The van der Waals surface area contributed by atoms with Crippen LogP contribution in [-0.2, 0) is 6.54 Å². The number of guanidine groups is 1. The van der Waals surface area contributed by atoms with Crippen LogP contribution in [0.1, 0.15) is 54.8 Å². The molecule has 1 aliphatic carbocycles. The third-order valence-electron chi connectivity index (χ3n) is 4.11. The normalized spacial score (nSPS) is 16.2. The van der Waals surface area contributed by atoms with Gasteiger partial charge in [0.05, 0.1) is 6.54 Å². The van der Waals surface area contributed by atoms with Gasteiger partial charge in [-0.15, -0.1) is 35.3 Å². The smallest absolute Gasteiger partial charge is 0.191 e. The van der Waals surface area contributed by atoms with Crippen LogP contribution in [0.5, 0.6) is 0 Å². The van der Waals surface area contributed by atoms with Crippen LogP contribution in [0.4, 0.5) is 0 Å². The van der Waals surface area contributed by atoms with Crippen molar-refractivity contribution in [2.75, 3.05) is 13.6 Å². The quantitative estimate of drug-likeness (QED) is 0.306. The molecule has 0 radical (unpaired) electrons. The Labute approximate surface area is 155 Å². The summed E-state index contributed by atoms with van der Waals surface area (Å²) in [5, 5.41) is 7.84. The predicted octanol–water partition coefficient (Wildman–Crippen LogP) is 4.10. The highest BCUT2D eigenvalue weighted by Crippen LogP contribution is 2.26. The molecule has 2 N–H and O–H groups in total. The minimum atomic E-state index is 0. The Kier molecular flexibility index (Phi) is 10.0. The molecule has 2 rings (SSSR count). The second kappa shape index (κ2) is 11.2. The van der Waals surface area contributed by atoms with Crippen molar-refractivity contribution < 1.29 is 0 Å². The van der Waals surface area contributed by atoms with E-state index in [1.807, 2.05) is 13.2 Å². The van der Waals surface area contributed by atoms with Crippen LogP contribution in [0.25, 0.3) is 0 Å². The van der Waals surface area contributed by atoms with Gasteiger partial charge in [0, 0.05) is 24.7 Å². The minimum absolute atomic E-state index is 0. The van der Waals surface area contributed by atoms with Gasteiger partial charge in [-0.05, 0) is 25.7 Å². The van der Waals surface area contributed by atoms with Gasteiger partial charge in [0.15, 0.2) is 5.96 Å². The maximum atomic E-state index is 4.35. The summed E-state index contributed by atoms with van der Waals surface area (Å²) in [6.07, 6.45) is 11.7. The molecule has 6 heteroatoms. The van der Waals surface area contributed by atoms with Crippen molar-refractivity contribution >= 4 is 41.3 Å². The van der Waals surface area contributed by atoms with Crippen molar-refractivity contribution in [3.63, 3.8) is 0 Å². The lowest BCUT2D eigenvalue weighted by atomic mass is 9.86. The molecule has 4 nitrogen and oxygen atoms in total. The van der Waals surface area contributed by atoms with E-state index in [9.17, 15) is 0 Å². The third-order valence-corrected chi connectivity index (χ3v) is 5.02. The summed E-state index contributed by atoms with van der Waals surface area (Å²) in [5.74, 6) is 1.85. The molecule has 1 saturated carbocycles. The minimum Gasteiger partial charge on any atom is -0.356 e. The van der Waals surface area contributed by atoms with E-state index in [1.165, 1.54) is 49.8 Å². The lowest BCUT2D eigenvalue weighted by molar-refractivity contribution is 0.332. The van der Waals surface area contributed by atoms with Gasteiger partial charge in [0.1, 0.15) is 5.01 Å². The fourth-order valence-electron chi connectivity index (χ4n) is 2.94. The van der Waals surface area contributed by atoms with Crippen molar-refractivity contribution in [2.24, 2.45) is 10.9 Å². The molecule has 0 amide bonds. The zero-order chi connectivity index (χ0) is 14.9. The van der Waals surface area contributed by atoms with E-state index in [1.54, 1.807) is 11.3 Å². The lowest BCUT2D eigenvalue weighted by Crippen LogP contribution is -2.37. The van der Waals surface area contributed by atoms with Crippen LogP contribution in [0.2, 0.25) is 0 Å². The Bertz CT molecular complexity index is 441. The van der Waals surface area contributed by atoms with Crippen molar-refractivity contribution in [2.45, 2.75) is 58.4 Å². The fraction of sp³-hybridized carbons (Fsp3) is 0.750. The first kappa shape index (κ1) is 19.7. The second-order valence-electron chi connectivity index (χ2n) is 5.86. The first-order chi connectivity index (χ1) is 10.3. The van der Waals surface area contributed by atoms with Crippen molar-refractivity contribution in [3.05, 3.63) is 16.1 Å². The predicted molar refractivity (Wildman–Crippen MR) is 106 cm³/mol. The number of nitrogens with zero attached hydrogens (tertiary/aromatic N) is 2. The molecule has 0 bridgehead atoms. The van der Waals surface area contributed by atoms with E-state index in [-0.39, 0.29) is 24.0 Å². The number of hydrogen-bond acceptors (Lipinski definition) is 3. The zero-order valence-corrected chi connectivity index (χ0v) is 16.9. The van der Waals surface area contributed by atoms with E-state index < -0.39 is 0 Å². The first-order valence-corrected chi connectivity index (χ1v) is 8.95. The maximum Gasteiger partial charge on any atom is 0.191 e. The van der Waals surface area contributed by atoms with Crippen molar-refractivity contribution in [1.29, 1.82) is 0 Å². The van der Waals surface area contributed by atoms with E-state index in [0.29, 0.717) is 0 Å². The Morgan fingerprint density at radius 3 is 2.73 bits per heavy atom. The number of nitrogens with one attached hydrogen (secondary N) is 2. The van der Waals surface area contributed by atoms with Crippen LogP contribution in [-0.4, -0.2) is 24.5 Å². The number of aryl methyl sites for hydroxylation is 1. The Morgan fingerprint density at radius 2 is 2.09 bits per heavy atom. The molecule has 1 heterocycles. The topological polar surface area (TPSA) is 49.3 Å². The Balaban J connectivity index is 0.00000242. The highest BCUT2D eigenvalue weighted by Gasteiger charge is 2.12. The van der Waals surface area contributed by atoms with Gasteiger partial charge in [0.2, 0.25) is 0 Å². The van der Waals surface area contributed by atoms with E-state index in [4.69, 9.17) is 0 Å². The number of halogens is 1. The van der Waals surface area contributed by atoms with E-state index in [0.717, 1.165) is 30.0 Å². The molecule has 1 aromatic heterocycles. The molecule has 0 unspecified atom stereocenters. The van der Waals surface area contributed by atoms with Crippen LogP contribution in [0.15, 0.2) is 11.2 Å². The molecule has 0 aromatic carbocycles. The molecular formula is C16H29IN4S. The number of thiazole rings is 1. The fourth-order valence-corrected chi connectivity index (χ4v) is 3.66. The third kappa shape index (κ3) is 7.26. The summed E-state index contributed by atoms with van der Waals surface area (Å²) < 4.78 is 0. The molecule has 0 aliphatic heterocycles. The number of aliphatic imine (C=N–C) groups is 1. The molecule has 0 spiro atoms. The van der Waals surface area contributed by atoms with Crippen molar-refractivity contribution in [1.82, 2.24) is 15.6 Å². The first-order valence-electron chi connectivity index (χ1n) is 8.13. The van der Waals surface area contributed by atoms with Gasteiger partial charge in [-0.1, -0.05) is 32.1 Å². The van der Waals surface area contributed by atoms with Gasteiger partial charge >= 0.3 is 0 Å². The van der Waals surface area contributed by atoms with Crippen LogP contribution in [0.3, 0.4) is 0 Å². The average molecular weight is 436 g/mol. The molecular weight excluding hydrogens is 407 g/mol. The van der Waals surface area contributed by atoms with Crippen LogP contribution < -0.4 is 10.6 Å². The summed E-state index contributed by atoms with van der Waals surface area (Å²) in [6, 6.07) is 0. The van der Waals surface area contributed by atoms with Gasteiger partial charge in [0.25, 0.3) is 0 Å². The SMILES string of the molecule is CN=C(NCCCC1CCCCC1)NCc1ncc(C)s1.I. The summed E-state index contributed by atoms with van der Waals surface area (Å²) >= 11 is 1.73. The molecule has 126 valence electrons. The molecule has 1 aliphatic rings. The molecule has 0 saturated heterocycles. The van der Waals surface area contributed by atoms with Crippen LogP contribution >= 0.6 is 35.3 Å². The number of hydrogen-bond donors (Lipinski definition) is 2. The molecule has 1 fully saturated rings. The number of rotatable bonds is 6. The summed E-state index contributed by atoms with van der Waals surface area (Å²) in [6.45, 7) is 3.84. The highest BCUT2D eigenvalue weighted by molar-refractivity contribution is 14.0. The van der Waals surface area contributed by atoms with E-state index >= 15 is 0 Å². The average Bonchev–Trinajstić information content (AvgIpc) is 2.93. The standard InChI is InChI=1S/C16H28N4S.HI/c1-13-11-19-15(21-13)12-20-16(17-2)18-10-6-9-14-7-4-3-5-8-14;/h11,14H,3-10,12H2,1-2H3,(H2,17,18,20);1H. The summed E-state index contributed by atoms with van der Waals surface area (Å²) in [4.78, 5) is 9.87. The monoisotopic (exact) mass is 436 g/mol. The Hall–Kier alpha value is -0.370. The molecule has 1 aromatic rings. The van der Waals surface area contributed by atoms with Gasteiger partial charge in [-0.3, -0.25) is 4.99 Å². The second-order valence-corrected chi connectivity index (χ2v) is 7.18. The summed E-state index contributed by atoms with van der Waals surface area (Å²) in [5.41, 5.74) is 0.